The van der Waals surface area contributed by atoms with Gasteiger partial charge in [-0.15, -0.1) is 0 Å². The van der Waals surface area contributed by atoms with Gasteiger partial charge in [-0.3, -0.25) is 9.59 Å². The van der Waals surface area contributed by atoms with Gasteiger partial charge in [0.15, 0.2) is 6.61 Å². The lowest BCUT2D eigenvalue weighted by Crippen LogP contribution is -2.53. The Morgan fingerprint density at radius 3 is 2.24 bits per heavy atom. The highest BCUT2D eigenvalue weighted by Crippen LogP contribution is 2.27. The van der Waals surface area contributed by atoms with Crippen molar-refractivity contribution < 1.29 is 14.3 Å². The molecule has 0 aliphatic rings. The van der Waals surface area contributed by atoms with Crippen molar-refractivity contribution in [2.45, 2.75) is 65.1 Å². The number of nitrogens with zero attached hydrogens (tertiary/aromatic N) is 1. The van der Waals surface area contributed by atoms with Crippen LogP contribution in [0.2, 0.25) is 10.0 Å². The zero-order valence-electron chi connectivity index (χ0n) is 22.4. The van der Waals surface area contributed by atoms with E-state index in [4.69, 9.17) is 27.9 Å². The second-order valence-corrected chi connectivity index (χ2v) is 10.6. The van der Waals surface area contributed by atoms with Crippen LogP contribution in [0.15, 0.2) is 72.8 Å². The molecule has 7 heteroatoms. The van der Waals surface area contributed by atoms with Gasteiger partial charge in [0, 0.05) is 19.0 Å². The SMILES string of the molecule is CCC(C)NC(=O)C(Cc1ccccc1)N(Cc1ccc(Cl)c(Cl)c1)C(=O)COc1ccccc1C(C)C. The predicted molar refractivity (Wildman–Crippen MR) is 155 cm³/mol. The van der Waals surface area contributed by atoms with Gasteiger partial charge in [-0.05, 0) is 54.2 Å². The second-order valence-electron chi connectivity index (χ2n) is 9.77. The molecule has 0 radical (unpaired) electrons. The summed E-state index contributed by atoms with van der Waals surface area (Å²) in [4.78, 5) is 29.0. The first kappa shape index (κ1) is 29.5. The molecule has 202 valence electrons. The van der Waals surface area contributed by atoms with Gasteiger partial charge < -0.3 is 15.0 Å². The van der Waals surface area contributed by atoms with E-state index in [-0.39, 0.29) is 36.9 Å². The number of nitrogens with one attached hydrogen (secondary N) is 1. The van der Waals surface area contributed by atoms with E-state index in [2.05, 4.69) is 19.2 Å². The molecule has 0 fully saturated rings. The third-order valence-corrected chi connectivity index (χ3v) is 7.24. The maximum atomic E-state index is 13.8. The minimum absolute atomic E-state index is 0.0307. The van der Waals surface area contributed by atoms with Crippen LogP contribution in [0.5, 0.6) is 5.75 Å². The summed E-state index contributed by atoms with van der Waals surface area (Å²) >= 11 is 12.4. The van der Waals surface area contributed by atoms with Crippen molar-refractivity contribution in [2.75, 3.05) is 6.61 Å². The summed E-state index contributed by atoms with van der Waals surface area (Å²) in [5.41, 5.74) is 2.74. The van der Waals surface area contributed by atoms with Crippen LogP contribution in [0.4, 0.5) is 0 Å². The molecule has 1 N–H and O–H groups in total. The lowest BCUT2D eigenvalue weighted by molar-refractivity contribution is -0.143. The quantitative estimate of drug-likeness (QED) is 0.261. The molecule has 38 heavy (non-hydrogen) atoms. The Morgan fingerprint density at radius 1 is 0.895 bits per heavy atom. The molecule has 0 bridgehead atoms. The van der Waals surface area contributed by atoms with Crippen molar-refractivity contribution >= 4 is 35.0 Å². The fraction of sp³-hybridized carbons (Fsp3) is 0.355. The molecule has 2 amide bonds. The number of rotatable bonds is 12. The molecule has 3 aromatic rings. The zero-order valence-corrected chi connectivity index (χ0v) is 23.9. The second kappa shape index (κ2) is 14.2. The molecule has 5 nitrogen and oxygen atoms in total. The zero-order chi connectivity index (χ0) is 27.7. The van der Waals surface area contributed by atoms with E-state index in [1.165, 1.54) is 0 Å². The normalized spacial score (nSPS) is 12.6. The fourth-order valence-corrected chi connectivity index (χ4v) is 4.46. The molecule has 3 rings (SSSR count). The van der Waals surface area contributed by atoms with E-state index in [0.717, 1.165) is 23.1 Å². The van der Waals surface area contributed by atoms with Gasteiger partial charge >= 0.3 is 0 Å². The number of amides is 2. The highest BCUT2D eigenvalue weighted by molar-refractivity contribution is 6.42. The van der Waals surface area contributed by atoms with Crippen LogP contribution in [-0.4, -0.2) is 35.4 Å². The highest BCUT2D eigenvalue weighted by atomic mass is 35.5. The lowest BCUT2D eigenvalue weighted by Gasteiger charge is -2.32. The number of ether oxygens (including phenoxy) is 1. The molecule has 0 saturated heterocycles. The molecule has 2 atom stereocenters. The Labute approximate surface area is 236 Å². The van der Waals surface area contributed by atoms with Crippen LogP contribution in [-0.2, 0) is 22.6 Å². The Kier molecular flexibility index (Phi) is 11.1. The molecular formula is C31H36Cl2N2O3. The number of para-hydroxylation sites is 1. The van der Waals surface area contributed by atoms with Gasteiger partial charge in [0.25, 0.3) is 5.91 Å². The topological polar surface area (TPSA) is 58.6 Å². The Bertz CT molecular complexity index is 1220. The summed E-state index contributed by atoms with van der Waals surface area (Å²) in [7, 11) is 0. The van der Waals surface area contributed by atoms with E-state index >= 15 is 0 Å². The minimum Gasteiger partial charge on any atom is -0.483 e. The number of halogens is 2. The monoisotopic (exact) mass is 554 g/mol. The third kappa shape index (κ3) is 8.24. The Hall–Kier alpha value is -3.02. The summed E-state index contributed by atoms with van der Waals surface area (Å²) in [5, 5.41) is 3.89. The number of hydrogen-bond donors (Lipinski definition) is 1. The molecule has 0 aliphatic heterocycles. The molecular weight excluding hydrogens is 519 g/mol. The third-order valence-electron chi connectivity index (χ3n) is 6.50. The van der Waals surface area contributed by atoms with Crippen LogP contribution in [0.1, 0.15) is 56.7 Å². The number of carbonyl (C=O) groups is 2. The van der Waals surface area contributed by atoms with Crippen molar-refractivity contribution in [3.8, 4) is 5.75 Å². The first-order valence-electron chi connectivity index (χ1n) is 13.0. The number of hydrogen-bond acceptors (Lipinski definition) is 3. The molecule has 0 saturated carbocycles. The van der Waals surface area contributed by atoms with E-state index in [0.29, 0.717) is 22.2 Å². The molecule has 0 aliphatic carbocycles. The first-order valence-corrected chi connectivity index (χ1v) is 13.7. The first-order chi connectivity index (χ1) is 18.2. The molecule has 3 aromatic carbocycles. The van der Waals surface area contributed by atoms with E-state index in [1.54, 1.807) is 17.0 Å². The summed E-state index contributed by atoms with van der Waals surface area (Å²) in [6, 6.07) is 21.9. The van der Waals surface area contributed by atoms with E-state index in [9.17, 15) is 9.59 Å². The predicted octanol–water partition coefficient (Wildman–Crippen LogP) is 7.05. The van der Waals surface area contributed by atoms with Crippen molar-refractivity contribution in [1.29, 1.82) is 0 Å². The highest BCUT2D eigenvalue weighted by Gasteiger charge is 2.31. The molecule has 0 heterocycles. The molecule has 2 unspecified atom stereocenters. The van der Waals surface area contributed by atoms with Gasteiger partial charge in [-0.25, -0.2) is 0 Å². The molecule has 0 spiro atoms. The maximum Gasteiger partial charge on any atom is 0.261 e. The van der Waals surface area contributed by atoms with Crippen molar-refractivity contribution in [1.82, 2.24) is 10.2 Å². The van der Waals surface area contributed by atoms with Gasteiger partial charge in [0.05, 0.1) is 10.0 Å². The van der Waals surface area contributed by atoms with Crippen molar-refractivity contribution in [2.24, 2.45) is 0 Å². The molecule has 0 aromatic heterocycles. The van der Waals surface area contributed by atoms with Crippen LogP contribution in [0.3, 0.4) is 0 Å². The number of carbonyl (C=O) groups excluding carboxylic acids is 2. The van der Waals surface area contributed by atoms with Crippen molar-refractivity contribution in [3.63, 3.8) is 0 Å². The summed E-state index contributed by atoms with van der Waals surface area (Å²) in [6.07, 6.45) is 1.14. The average molecular weight is 556 g/mol. The minimum atomic E-state index is -0.753. The van der Waals surface area contributed by atoms with Gasteiger partial charge in [-0.2, -0.15) is 0 Å². The van der Waals surface area contributed by atoms with Crippen LogP contribution < -0.4 is 10.1 Å². The van der Waals surface area contributed by atoms with Crippen LogP contribution in [0, 0.1) is 0 Å². The maximum absolute atomic E-state index is 13.8. The van der Waals surface area contributed by atoms with Gasteiger partial charge in [0.1, 0.15) is 11.8 Å². The fourth-order valence-electron chi connectivity index (χ4n) is 4.14. The Balaban J connectivity index is 1.96. The summed E-state index contributed by atoms with van der Waals surface area (Å²) < 4.78 is 6.03. The van der Waals surface area contributed by atoms with E-state index in [1.807, 2.05) is 74.5 Å². The van der Waals surface area contributed by atoms with Crippen molar-refractivity contribution in [3.05, 3.63) is 99.5 Å². The lowest BCUT2D eigenvalue weighted by atomic mass is 10.0. The van der Waals surface area contributed by atoms with Crippen LogP contribution in [0.25, 0.3) is 0 Å². The standard InChI is InChI=1S/C31H36Cl2N2O3/c1-5-22(4)34-31(37)28(18-23-11-7-6-8-12-23)35(19-24-15-16-26(32)27(33)17-24)30(36)20-38-29-14-10-9-13-25(29)21(2)3/h6-17,21-22,28H,5,18-20H2,1-4H3,(H,34,37). The van der Waals surface area contributed by atoms with Crippen LogP contribution >= 0.6 is 23.2 Å². The summed E-state index contributed by atoms with van der Waals surface area (Å²) in [5.74, 6) is 0.392. The smallest absolute Gasteiger partial charge is 0.261 e. The number of benzene rings is 3. The van der Waals surface area contributed by atoms with Gasteiger partial charge in [-0.1, -0.05) is 98.6 Å². The Morgan fingerprint density at radius 2 is 1.58 bits per heavy atom. The van der Waals surface area contributed by atoms with E-state index < -0.39 is 6.04 Å². The average Bonchev–Trinajstić information content (AvgIpc) is 2.91. The largest absolute Gasteiger partial charge is 0.483 e. The van der Waals surface area contributed by atoms with Gasteiger partial charge in [0.2, 0.25) is 5.91 Å². The summed E-state index contributed by atoms with van der Waals surface area (Å²) in [6.45, 7) is 8.10.